The number of benzene rings is 1. The van der Waals surface area contributed by atoms with Gasteiger partial charge in [0.05, 0.1) is 12.2 Å². The van der Waals surface area contributed by atoms with Gasteiger partial charge in [0.2, 0.25) is 0 Å². The molecule has 3 nitrogen and oxygen atoms in total. The van der Waals surface area contributed by atoms with Gasteiger partial charge in [-0.15, -0.1) is 0 Å². The van der Waals surface area contributed by atoms with Gasteiger partial charge in [0.25, 0.3) is 0 Å². The lowest BCUT2D eigenvalue weighted by Crippen LogP contribution is -2.12. The van der Waals surface area contributed by atoms with Gasteiger partial charge in [-0.3, -0.25) is 4.68 Å². The van der Waals surface area contributed by atoms with Crippen LogP contribution in [0.25, 0.3) is 11.1 Å². The Labute approximate surface area is 100 Å². The Morgan fingerprint density at radius 3 is 2.47 bits per heavy atom. The highest BCUT2D eigenvalue weighted by Gasteiger charge is 2.12. The van der Waals surface area contributed by atoms with E-state index >= 15 is 0 Å². The second kappa shape index (κ2) is 4.67. The van der Waals surface area contributed by atoms with Crippen LogP contribution in [0.1, 0.15) is 11.4 Å². The molecule has 2 aromatic rings. The van der Waals surface area contributed by atoms with Crippen molar-refractivity contribution in [2.45, 2.75) is 20.4 Å². The van der Waals surface area contributed by atoms with Crippen LogP contribution in [-0.4, -0.2) is 16.3 Å². The van der Waals surface area contributed by atoms with Crippen molar-refractivity contribution in [2.75, 3.05) is 6.54 Å². The molecule has 0 bridgehead atoms. The van der Waals surface area contributed by atoms with Gasteiger partial charge in [-0.05, 0) is 31.5 Å². The third kappa shape index (κ3) is 2.22. The summed E-state index contributed by atoms with van der Waals surface area (Å²) in [7, 11) is 0. The van der Waals surface area contributed by atoms with E-state index in [1.54, 1.807) is 12.1 Å². The second-order valence-electron chi connectivity index (χ2n) is 4.06. The lowest BCUT2D eigenvalue weighted by atomic mass is 10.0. The minimum atomic E-state index is -0.224. The van der Waals surface area contributed by atoms with E-state index in [9.17, 15) is 4.39 Å². The lowest BCUT2D eigenvalue weighted by Gasteiger charge is -2.04. The van der Waals surface area contributed by atoms with Gasteiger partial charge in [0.15, 0.2) is 0 Å². The van der Waals surface area contributed by atoms with Crippen LogP contribution in [0.4, 0.5) is 4.39 Å². The number of hydrogen-bond donors (Lipinski definition) is 1. The maximum atomic E-state index is 12.9. The summed E-state index contributed by atoms with van der Waals surface area (Å²) in [5.74, 6) is -0.224. The van der Waals surface area contributed by atoms with Crippen LogP contribution in [0.5, 0.6) is 0 Å². The van der Waals surface area contributed by atoms with Crippen LogP contribution < -0.4 is 5.73 Å². The number of nitrogens with zero attached hydrogens (tertiary/aromatic N) is 2. The standard InChI is InChI=1S/C13H16FN3/c1-9-13(10(2)17(16-9)8-7-15)11-3-5-12(14)6-4-11/h3-6H,7-8,15H2,1-2H3. The Kier molecular flexibility index (Phi) is 3.24. The van der Waals surface area contributed by atoms with Gasteiger partial charge in [-0.1, -0.05) is 12.1 Å². The first-order valence-electron chi connectivity index (χ1n) is 5.63. The molecule has 4 heteroatoms. The molecule has 0 aliphatic heterocycles. The van der Waals surface area contributed by atoms with Crippen LogP contribution in [0.3, 0.4) is 0 Å². The fourth-order valence-corrected chi connectivity index (χ4v) is 2.07. The molecule has 1 aromatic carbocycles. The molecule has 0 aliphatic carbocycles. The molecule has 2 N–H and O–H groups in total. The highest BCUT2D eigenvalue weighted by Crippen LogP contribution is 2.26. The van der Waals surface area contributed by atoms with Crippen molar-refractivity contribution < 1.29 is 4.39 Å². The van der Waals surface area contributed by atoms with Crippen molar-refractivity contribution >= 4 is 0 Å². The number of nitrogens with two attached hydrogens (primary N) is 1. The summed E-state index contributed by atoms with van der Waals surface area (Å²) >= 11 is 0. The van der Waals surface area contributed by atoms with E-state index in [1.807, 2.05) is 18.5 Å². The van der Waals surface area contributed by atoms with Gasteiger partial charge >= 0.3 is 0 Å². The lowest BCUT2D eigenvalue weighted by molar-refractivity contribution is 0.604. The van der Waals surface area contributed by atoms with Crippen LogP contribution in [0.15, 0.2) is 24.3 Å². The van der Waals surface area contributed by atoms with Crippen molar-refractivity contribution in [2.24, 2.45) is 5.73 Å². The van der Waals surface area contributed by atoms with Crippen LogP contribution in [-0.2, 0) is 6.54 Å². The first kappa shape index (κ1) is 11.8. The third-order valence-electron chi connectivity index (χ3n) is 2.86. The zero-order valence-electron chi connectivity index (χ0n) is 10.1. The zero-order valence-corrected chi connectivity index (χ0v) is 10.1. The van der Waals surface area contributed by atoms with E-state index in [4.69, 9.17) is 5.73 Å². The molecule has 1 heterocycles. The van der Waals surface area contributed by atoms with Crippen molar-refractivity contribution in [3.8, 4) is 11.1 Å². The fourth-order valence-electron chi connectivity index (χ4n) is 2.07. The molecule has 0 aliphatic rings. The molecule has 17 heavy (non-hydrogen) atoms. The quantitative estimate of drug-likeness (QED) is 0.883. The maximum Gasteiger partial charge on any atom is 0.123 e. The molecular weight excluding hydrogens is 217 g/mol. The average Bonchev–Trinajstić information content (AvgIpc) is 2.57. The number of halogens is 1. The predicted octanol–water partition coefficient (Wildman–Crippen LogP) is 2.26. The van der Waals surface area contributed by atoms with Crippen molar-refractivity contribution in [1.82, 2.24) is 9.78 Å². The van der Waals surface area contributed by atoms with Crippen LogP contribution >= 0.6 is 0 Å². The van der Waals surface area contributed by atoms with E-state index < -0.39 is 0 Å². The third-order valence-corrected chi connectivity index (χ3v) is 2.86. The zero-order chi connectivity index (χ0) is 12.4. The van der Waals surface area contributed by atoms with E-state index in [0.29, 0.717) is 13.1 Å². The number of rotatable bonds is 3. The Balaban J connectivity index is 2.48. The molecule has 0 atom stereocenters. The van der Waals surface area contributed by atoms with Gasteiger partial charge in [-0.25, -0.2) is 4.39 Å². The van der Waals surface area contributed by atoms with Crippen LogP contribution in [0, 0.1) is 19.7 Å². The molecule has 0 saturated heterocycles. The first-order valence-corrected chi connectivity index (χ1v) is 5.63. The predicted molar refractivity (Wildman–Crippen MR) is 66.1 cm³/mol. The van der Waals surface area contributed by atoms with E-state index in [2.05, 4.69) is 5.10 Å². The van der Waals surface area contributed by atoms with Gasteiger partial charge < -0.3 is 5.73 Å². The largest absolute Gasteiger partial charge is 0.329 e. The van der Waals surface area contributed by atoms with Crippen molar-refractivity contribution in [1.29, 1.82) is 0 Å². The number of hydrogen-bond acceptors (Lipinski definition) is 2. The smallest absolute Gasteiger partial charge is 0.123 e. The monoisotopic (exact) mass is 233 g/mol. The molecule has 0 unspecified atom stereocenters. The highest BCUT2D eigenvalue weighted by molar-refractivity contribution is 5.68. The van der Waals surface area contributed by atoms with Gasteiger partial charge in [-0.2, -0.15) is 5.10 Å². The molecule has 1 aromatic heterocycles. The molecule has 2 rings (SSSR count). The van der Waals surface area contributed by atoms with Crippen LogP contribution in [0.2, 0.25) is 0 Å². The summed E-state index contributed by atoms with van der Waals surface area (Å²) in [5, 5.41) is 4.44. The minimum absolute atomic E-state index is 0.224. The van der Waals surface area contributed by atoms with E-state index in [0.717, 1.165) is 22.5 Å². The Morgan fingerprint density at radius 1 is 1.24 bits per heavy atom. The SMILES string of the molecule is Cc1nn(CCN)c(C)c1-c1ccc(F)cc1. The van der Waals surface area contributed by atoms with E-state index in [-0.39, 0.29) is 5.82 Å². The van der Waals surface area contributed by atoms with Crippen molar-refractivity contribution in [3.05, 3.63) is 41.5 Å². The molecule has 0 saturated carbocycles. The number of aromatic nitrogens is 2. The minimum Gasteiger partial charge on any atom is -0.329 e. The van der Waals surface area contributed by atoms with Crippen molar-refractivity contribution in [3.63, 3.8) is 0 Å². The Hall–Kier alpha value is -1.68. The first-order chi connectivity index (χ1) is 8.13. The average molecular weight is 233 g/mol. The molecule has 0 radical (unpaired) electrons. The topological polar surface area (TPSA) is 43.8 Å². The summed E-state index contributed by atoms with van der Waals surface area (Å²) in [6, 6.07) is 6.49. The fraction of sp³-hybridized carbons (Fsp3) is 0.308. The van der Waals surface area contributed by atoms with Gasteiger partial charge in [0, 0.05) is 17.8 Å². The molecule has 0 amide bonds. The summed E-state index contributed by atoms with van der Waals surface area (Å²) in [6.45, 7) is 5.23. The maximum absolute atomic E-state index is 12.9. The Bertz CT molecular complexity index is 514. The highest BCUT2D eigenvalue weighted by atomic mass is 19.1. The molecule has 0 spiro atoms. The Morgan fingerprint density at radius 2 is 1.88 bits per heavy atom. The summed E-state index contributed by atoms with van der Waals surface area (Å²) in [4.78, 5) is 0. The molecule has 90 valence electrons. The summed E-state index contributed by atoms with van der Waals surface area (Å²) in [5.41, 5.74) is 9.61. The molecular formula is C13H16FN3. The molecule has 0 fully saturated rings. The summed E-state index contributed by atoms with van der Waals surface area (Å²) < 4.78 is 14.8. The normalized spacial score (nSPS) is 10.8. The van der Waals surface area contributed by atoms with E-state index in [1.165, 1.54) is 12.1 Å². The second-order valence-corrected chi connectivity index (χ2v) is 4.06. The summed E-state index contributed by atoms with van der Waals surface area (Å²) in [6.07, 6.45) is 0. The van der Waals surface area contributed by atoms with Gasteiger partial charge in [0.1, 0.15) is 5.82 Å². The number of aryl methyl sites for hydroxylation is 1.